The summed E-state index contributed by atoms with van der Waals surface area (Å²) in [6.45, 7) is 1.70. The van der Waals surface area contributed by atoms with Crippen molar-refractivity contribution in [1.29, 1.82) is 0 Å². The van der Waals surface area contributed by atoms with Crippen molar-refractivity contribution >= 4 is 50.2 Å². The number of sulfonamides is 1. The van der Waals surface area contributed by atoms with E-state index < -0.39 is 15.9 Å². The fourth-order valence-corrected chi connectivity index (χ4v) is 6.27. The monoisotopic (exact) mass is 586 g/mol. The Kier molecular flexibility index (Phi) is 6.50. The Morgan fingerprint density at radius 3 is 2.47 bits per heavy atom. The van der Waals surface area contributed by atoms with E-state index >= 15 is 0 Å². The van der Waals surface area contributed by atoms with E-state index in [9.17, 15) is 13.2 Å². The number of nitrogens with zero attached hydrogens (tertiary/aromatic N) is 4. The average molecular weight is 586 g/mol. The molecule has 3 aliphatic rings. The predicted octanol–water partition coefficient (Wildman–Crippen LogP) is 4.51. The molecular weight excluding hydrogens is 563 g/mol. The van der Waals surface area contributed by atoms with Crippen molar-refractivity contribution < 1.29 is 13.2 Å². The van der Waals surface area contributed by atoms with Gasteiger partial charge in [0.1, 0.15) is 5.84 Å². The van der Waals surface area contributed by atoms with Crippen LogP contribution in [0, 0.1) is 0 Å². The van der Waals surface area contributed by atoms with E-state index in [4.69, 9.17) is 4.99 Å². The van der Waals surface area contributed by atoms with Crippen LogP contribution in [0.1, 0.15) is 40.7 Å². The molecule has 1 amide bonds. The van der Waals surface area contributed by atoms with Gasteiger partial charge in [0.2, 0.25) is 10.0 Å². The summed E-state index contributed by atoms with van der Waals surface area (Å²) in [4.78, 5) is 24.3. The highest BCUT2D eigenvalue weighted by Gasteiger charge is 2.26. The summed E-state index contributed by atoms with van der Waals surface area (Å²) in [5.74, 6) is 0.596. The van der Waals surface area contributed by atoms with E-state index in [0.717, 1.165) is 34.0 Å². The molecule has 174 valence electrons. The number of halogens is 1. The summed E-state index contributed by atoms with van der Waals surface area (Å²) in [5.41, 5.74) is 2.14. The largest absolute Gasteiger partial charge is 0.327 e. The van der Waals surface area contributed by atoms with Crippen molar-refractivity contribution in [3.8, 4) is 0 Å². The lowest BCUT2D eigenvalue weighted by molar-refractivity contribution is 0.100. The van der Waals surface area contributed by atoms with Crippen molar-refractivity contribution in [3.05, 3.63) is 87.2 Å². The molecule has 7 nitrogen and oxygen atoms in total. The molecule has 0 spiro atoms. The maximum Gasteiger partial charge on any atom is 0.279 e. The zero-order valence-corrected chi connectivity index (χ0v) is 21.4. The Balaban J connectivity index is 1.46. The van der Waals surface area contributed by atoms with Crippen molar-refractivity contribution in [2.75, 3.05) is 13.1 Å². The van der Waals surface area contributed by atoms with Gasteiger partial charge in [-0.05, 0) is 77.4 Å². The average Bonchev–Trinajstić information content (AvgIpc) is 3.00. The van der Waals surface area contributed by atoms with Crippen LogP contribution < -0.4 is 0 Å². The maximum atomic E-state index is 13.0. The zero-order chi connectivity index (χ0) is 23.7. The molecule has 2 aromatic rings. The maximum absolute atomic E-state index is 13.0. The number of piperidine rings is 1. The molecule has 3 aliphatic heterocycles. The summed E-state index contributed by atoms with van der Waals surface area (Å²) < 4.78 is 28.4. The van der Waals surface area contributed by atoms with Crippen molar-refractivity contribution in [2.45, 2.75) is 30.7 Å². The van der Waals surface area contributed by atoms with Gasteiger partial charge in [-0.3, -0.25) is 4.79 Å². The van der Waals surface area contributed by atoms with Crippen LogP contribution in [0.4, 0.5) is 0 Å². The highest BCUT2D eigenvalue weighted by Crippen LogP contribution is 2.25. The van der Waals surface area contributed by atoms with Crippen LogP contribution in [0.15, 0.2) is 85.3 Å². The normalized spacial score (nSPS) is 19.7. The van der Waals surface area contributed by atoms with Crippen molar-refractivity contribution in [3.63, 3.8) is 0 Å². The molecule has 0 saturated carbocycles. The second-order valence-corrected chi connectivity index (χ2v) is 11.5. The highest BCUT2D eigenvalue weighted by molar-refractivity contribution is 14.1. The molecule has 1 fully saturated rings. The molecule has 3 heterocycles. The quantitative estimate of drug-likeness (QED) is 0.496. The molecule has 0 N–H and O–H groups in total. The number of aliphatic imine (C=N–C) groups is 2. The van der Waals surface area contributed by atoms with E-state index in [0.29, 0.717) is 36.9 Å². The summed E-state index contributed by atoms with van der Waals surface area (Å²) in [5, 5.41) is 0. The van der Waals surface area contributed by atoms with E-state index in [2.05, 4.69) is 27.6 Å². The molecule has 34 heavy (non-hydrogen) atoms. The lowest BCUT2D eigenvalue weighted by Crippen LogP contribution is -2.35. The first-order valence-electron chi connectivity index (χ1n) is 11.1. The van der Waals surface area contributed by atoms with Crippen LogP contribution in [-0.4, -0.2) is 48.3 Å². The number of carbonyl (C=O) groups excluding carboxylic acids is 1. The Morgan fingerprint density at radius 1 is 0.971 bits per heavy atom. The molecule has 1 saturated heterocycles. The number of allylic oxidation sites excluding steroid dienone is 2. The van der Waals surface area contributed by atoms with Gasteiger partial charge in [0.15, 0.2) is 5.84 Å². The van der Waals surface area contributed by atoms with E-state index in [1.165, 1.54) is 28.6 Å². The number of amides is 1. The van der Waals surface area contributed by atoms with Gasteiger partial charge < -0.3 is 4.90 Å². The summed E-state index contributed by atoms with van der Waals surface area (Å²) in [6.07, 6.45) is 8.69. The number of benzene rings is 2. The first-order valence-corrected chi connectivity index (χ1v) is 13.7. The molecule has 0 aliphatic carbocycles. The topological polar surface area (TPSA) is 82.4 Å². The number of hydrogen-bond donors (Lipinski definition) is 0. The number of hydrogen-bond acceptors (Lipinski definition) is 4. The van der Waals surface area contributed by atoms with Gasteiger partial charge in [0.25, 0.3) is 5.91 Å². The SMILES string of the molecule is O=C(N=C1N=C2C=CC(I)=CN2Cc2ccccc21)c1ccc(S(=O)(=O)N2CCCCC2)cc1. The number of carbonyl (C=O) groups is 1. The second-order valence-electron chi connectivity index (χ2n) is 8.33. The molecule has 5 rings (SSSR count). The lowest BCUT2D eigenvalue weighted by Gasteiger charge is -2.25. The van der Waals surface area contributed by atoms with Gasteiger partial charge in [-0.25, -0.2) is 13.4 Å². The van der Waals surface area contributed by atoms with Gasteiger partial charge in [0, 0.05) is 40.5 Å². The van der Waals surface area contributed by atoms with Gasteiger partial charge in [-0.2, -0.15) is 9.30 Å². The number of fused-ring (bicyclic) bond motifs is 2. The van der Waals surface area contributed by atoms with Crippen LogP contribution >= 0.6 is 22.6 Å². The fraction of sp³-hybridized carbons (Fsp3) is 0.240. The van der Waals surface area contributed by atoms with Crippen LogP contribution in [-0.2, 0) is 16.6 Å². The van der Waals surface area contributed by atoms with Crippen molar-refractivity contribution in [2.24, 2.45) is 9.98 Å². The molecule has 0 bridgehead atoms. The molecule has 2 aromatic carbocycles. The predicted molar refractivity (Wildman–Crippen MR) is 141 cm³/mol. The number of amidine groups is 2. The first kappa shape index (κ1) is 23.1. The van der Waals surface area contributed by atoms with Gasteiger partial charge in [0.05, 0.1) is 4.90 Å². The van der Waals surface area contributed by atoms with Crippen LogP contribution in [0.25, 0.3) is 0 Å². The third-order valence-corrected chi connectivity index (χ3v) is 8.60. The van der Waals surface area contributed by atoms with Gasteiger partial charge in [-0.1, -0.05) is 30.7 Å². The summed E-state index contributed by atoms with van der Waals surface area (Å²) in [7, 11) is -3.55. The van der Waals surface area contributed by atoms with E-state index in [1.807, 2.05) is 47.5 Å². The smallest absolute Gasteiger partial charge is 0.279 e. The minimum absolute atomic E-state index is 0.197. The standard InChI is InChI=1S/C25H23IN4O3S/c26-20-10-13-23-27-24(22-7-3-2-6-19(22)16-29(23)17-20)28-25(31)18-8-11-21(12-9-18)34(32,33)30-14-4-1-5-15-30/h2-3,6-13,17H,1,4-5,14-16H2. The second kappa shape index (κ2) is 9.55. The van der Waals surface area contributed by atoms with E-state index in [-0.39, 0.29) is 4.90 Å². The summed E-state index contributed by atoms with van der Waals surface area (Å²) in [6, 6.07) is 13.8. The molecule has 0 atom stereocenters. The van der Waals surface area contributed by atoms with E-state index in [1.54, 1.807) is 0 Å². The molecular formula is C25H23IN4O3S. The third-order valence-electron chi connectivity index (χ3n) is 6.05. The van der Waals surface area contributed by atoms with Gasteiger partial charge in [-0.15, -0.1) is 0 Å². The fourth-order valence-electron chi connectivity index (χ4n) is 4.23. The summed E-state index contributed by atoms with van der Waals surface area (Å²) >= 11 is 2.26. The van der Waals surface area contributed by atoms with Crippen LogP contribution in [0.3, 0.4) is 0 Å². The Morgan fingerprint density at radius 2 is 1.71 bits per heavy atom. The Bertz CT molecular complexity index is 1350. The zero-order valence-electron chi connectivity index (χ0n) is 18.4. The Labute approximate surface area is 212 Å². The molecule has 9 heteroatoms. The molecule has 0 unspecified atom stereocenters. The highest BCUT2D eigenvalue weighted by atomic mass is 127. The Hall–Kier alpha value is -2.63. The minimum atomic E-state index is -3.55. The van der Waals surface area contributed by atoms with Crippen molar-refractivity contribution in [1.82, 2.24) is 9.21 Å². The minimum Gasteiger partial charge on any atom is -0.327 e. The molecule has 0 aromatic heterocycles. The molecule has 0 radical (unpaired) electrons. The van der Waals surface area contributed by atoms with Gasteiger partial charge >= 0.3 is 0 Å². The van der Waals surface area contributed by atoms with Crippen LogP contribution in [0.2, 0.25) is 0 Å². The first-order chi connectivity index (χ1) is 16.4. The third kappa shape index (κ3) is 4.64. The lowest BCUT2D eigenvalue weighted by atomic mass is 10.1. The number of rotatable bonds is 3. The van der Waals surface area contributed by atoms with Crippen LogP contribution in [0.5, 0.6) is 0 Å².